The zero-order valence-electron chi connectivity index (χ0n) is 10.8. The lowest BCUT2D eigenvalue weighted by Gasteiger charge is -2.06. The highest BCUT2D eigenvalue weighted by Gasteiger charge is 2.10. The Bertz CT molecular complexity index is 576. The van der Waals surface area contributed by atoms with Crippen LogP contribution in [0.15, 0.2) is 33.9 Å². The summed E-state index contributed by atoms with van der Waals surface area (Å²) in [4.78, 5) is 16.0. The largest absolute Gasteiger partial charge is 0.437 e. The summed E-state index contributed by atoms with van der Waals surface area (Å²) < 4.78 is 5.39. The first-order chi connectivity index (χ1) is 9.06. The number of hydrogen-bond donors (Lipinski definition) is 2. The van der Waals surface area contributed by atoms with Crippen molar-refractivity contribution in [2.45, 2.75) is 19.1 Å². The molecule has 0 aliphatic heterocycles. The molecule has 1 aromatic heterocycles. The van der Waals surface area contributed by atoms with Crippen LogP contribution in [-0.2, 0) is 4.79 Å². The van der Waals surface area contributed by atoms with Crippen LogP contribution in [-0.4, -0.2) is 16.6 Å². The third kappa shape index (κ3) is 3.51. The van der Waals surface area contributed by atoms with E-state index < -0.39 is 0 Å². The van der Waals surface area contributed by atoms with Crippen molar-refractivity contribution >= 4 is 29.0 Å². The van der Waals surface area contributed by atoms with E-state index in [1.54, 1.807) is 12.1 Å². The van der Waals surface area contributed by atoms with Crippen molar-refractivity contribution in [3.63, 3.8) is 0 Å². The third-order valence-electron chi connectivity index (χ3n) is 2.57. The molecule has 100 valence electrons. The molecule has 0 radical (unpaired) electrons. The smallest absolute Gasteiger partial charge is 0.256 e. The molecule has 1 heterocycles. The van der Waals surface area contributed by atoms with E-state index in [0.717, 1.165) is 11.5 Å². The summed E-state index contributed by atoms with van der Waals surface area (Å²) in [6, 6.07) is 7.14. The van der Waals surface area contributed by atoms with Crippen molar-refractivity contribution in [1.82, 2.24) is 4.98 Å². The van der Waals surface area contributed by atoms with E-state index in [9.17, 15) is 4.79 Å². The molecule has 2 aromatic rings. The summed E-state index contributed by atoms with van der Waals surface area (Å²) in [6.07, 6.45) is 0. The maximum Gasteiger partial charge on any atom is 0.256 e. The van der Waals surface area contributed by atoms with Crippen LogP contribution in [0.5, 0.6) is 0 Å². The number of aromatic nitrogens is 1. The van der Waals surface area contributed by atoms with Crippen LogP contribution in [0.1, 0.15) is 11.5 Å². The topological polar surface area (TPSA) is 81.2 Å². The molecule has 0 aliphatic carbocycles. The fraction of sp³-hybridized carbons (Fsp3) is 0.231. The zero-order chi connectivity index (χ0) is 13.8. The highest BCUT2D eigenvalue weighted by molar-refractivity contribution is 7.99. The van der Waals surface area contributed by atoms with Gasteiger partial charge in [0, 0.05) is 0 Å². The maximum atomic E-state index is 11.8. The third-order valence-corrected chi connectivity index (χ3v) is 3.40. The van der Waals surface area contributed by atoms with Gasteiger partial charge in [0.1, 0.15) is 5.76 Å². The van der Waals surface area contributed by atoms with E-state index >= 15 is 0 Å². The Morgan fingerprint density at radius 1 is 1.42 bits per heavy atom. The average molecular weight is 277 g/mol. The minimum Gasteiger partial charge on any atom is -0.437 e. The SMILES string of the molecule is Cc1nc(SCC(=O)Nc2ccccc2N)oc1C. The van der Waals surface area contributed by atoms with E-state index in [4.69, 9.17) is 10.2 Å². The number of nitrogens with two attached hydrogens (primary N) is 1. The number of thioether (sulfide) groups is 1. The van der Waals surface area contributed by atoms with Gasteiger partial charge < -0.3 is 15.5 Å². The molecule has 0 saturated carbocycles. The summed E-state index contributed by atoms with van der Waals surface area (Å²) in [5, 5.41) is 3.25. The Morgan fingerprint density at radius 2 is 2.16 bits per heavy atom. The lowest BCUT2D eigenvalue weighted by atomic mass is 10.3. The first-order valence-corrected chi connectivity index (χ1v) is 6.76. The minimum atomic E-state index is -0.142. The Labute approximate surface area is 115 Å². The number of nitrogen functional groups attached to an aromatic ring is 1. The summed E-state index contributed by atoms with van der Waals surface area (Å²) in [6.45, 7) is 3.71. The van der Waals surface area contributed by atoms with Crippen LogP contribution in [0.3, 0.4) is 0 Å². The van der Waals surface area contributed by atoms with Crippen LogP contribution >= 0.6 is 11.8 Å². The summed E-state index contributed by atoms with van der Waals surface area (Å²) in [7, 11) is 0. The number of nitrogens with zero attached hydrogens (tertiary/aromatic N) is 1. The number of carbonyl (C=O) groups is 1. The number of oxazole rings is 1. The van der Waals surface area contributed by atoms with Crippen molar-refractivity contribution in [3.05, 3.63) is 35.7 Å². The molecule has 1 amide bonds. The molecule has 5 nitrogen and oxygen atoms in total. The molecule has 0 aliphatic rings. The zero-order valence-corrected chi connectivity index (χ0v) is 11.6. The second kappa shape index (κ2) is 5.79. The van der Waals surface area contributed by atoms with E-state index in [2.05, 4.69) is 10.3 Å². The van der Waals surface area contributed by atoms with Gasteiger partial charge in [-0.1, -0.05) is 23.9 Å². The predicted octanol–water partition coefficient (Wildman–Crippen LogP) is 2.60. The summed E-state index contributed by atoms with van der Waals surface area (Å²) in [5.74, 6) is 0.861. The van der Waals surface area contributed by atoms with Gasteiger partial charge in [0.05, 0.1) is 22.8 Å². The van der Waals surface area contributed by atoms with Gasteiger partial charge in [0.2, 0.25) is 5.91 Å². The lowest BCUT2D eigenvalue weighted by molar-refractivity contribution is -0.113. The van der Waals surface area contributed by atoms with Gasteiger partial charge in [-0.3, -0.25) is 4.79 Å². The molecule has 0 saturated heterocycles. The molecule has 0 unspecified atom stereocenters. The Morgan fingerprint density at radius 3 is 2.79 bits per heavy atom. The van der Waals surface area contributed by atoms with Crippen LogP contribution in [0.2, 0.25) is 0 Å². The Kier molecular flexibility index (Phi) is 4.11. The maximum absolute atomic E-state index is 11.8. The van der Waals surface area contributed by atoms with Crippen LogP contribution in [0.4, 0.5) is 11.4 Å². The number of nitrogens with one attached hydrogen (secondary N) is 1. The van der Waals surface area contributed by atoms with Gasteiger partial charge in [-0.05, 0) is 26.0 Å². The average Bonchev–Trinajstić information content (AvgIpc) is 2.69. The fourth-order valence-corrected chi connectivity index (χ4v) is 2.14. The minimum absolute atomic E-state index is 0.142. The van der Waals surface area contributed by atoms with Gasteiger partial charge in [-0.2, -0.15) is 0 Å². The predicted molar refractivity (Wildman–Crippen MR) is 76.2 cm³/mol. The monoisotopic (exact) mass is 277 g/mol. The number of benzene rings is 1. The Balaban J connectivity index is 1.90. The number of rotatable bonds is 4. The first-order valence-electron chi connectivity index (χ1n) is 5.77. The van der Waals surface area contributed by atoms with Gasteiger partial charge in [-0.25, -0.2) is 4.98 Å². The van der Waals surface area contributed by atoms with Crippen LogP contribution in [0, 0.1) is 13.8 Å². The van der Waals surface area contributed by atoms with Crippen molar-refractivity contribution in [2.24, 2.45) is 0 Å². The van der Waals surface area contributed by atoms with Crippen LogP contribution < -0.4 is 11.1 Å². The number of para-hydroxylation sites is 2. The Hall–Kier alpha value is -1.95. The highest BCUT2D eigenvalue weighted by Crippen LogP contribution is 2.21. The summed E-state index contributed by atoms with van der Waals surface area (Å²) >= 11 is 1.26. The van der Waals surface area contributed by atoms with E-state index in [1.807, 2.05) is 26.0 Å². The normalized spacial score (nSPS) is 10.4. The van der Waals surface area contributed by atoms with Crippen molar-refractivity contribution in [3.8, 4) is 0 Å². The molecule has 0 fully saturated rings. The number of aryl methyl sites for hydroxylation is 2. The molecule has 19 heavy (non-hydrogen) atoms. The van der Waals surface area contributed by atoms with Gasteiger partial charge in [0.25, 0.3) is 5.22 Å². The number of amides is 1. The van der Waals surface area contributed by atoms with Crippen molar-refractivity contribution in [1.29, 1.82) is 0 Å². The van der Waals surface area contributed by atoms with Gasteiger partial charge >= 0.3 is 0 Å². The second-order valence-corrected chi connectivity index (χ2v) is 4.97. The van der Waals surface area contributed by atoms with Crippen molar-refractivity contribution in [2.75, 3.05) is 16.8 Å². The second-order valence-electron chi connectivity index (χ2n) is 4.05. The van der Waals surface area contributed by atoms with Crippen LogP contribution in [0.25, 0.3) is 0 Å². The number of hydrogen-bond acceptors (Lipinski definition) is 5. The molecule has 3 N–H and O–H groups in total. The molecular weight excluding hydrogens is 262 g/mol. The van der Waals surface area contributed by atoms with E-state index in [-0.39, 0.29) is 11.7 Å². The molecule has 1 aromatic carbocycles. The fourth-order valence-electron chi connectivity index (χ4n) is 1.43. The quantitative estimate of drug-likeness (QED) is 0.663. The van der Waals surface area contributed by atoms with E-state index in [0.29, 0.717) is 16.6 Å². The molecule has 0 bridgehead atoms. The molecule has 0 atom stereocenters. The highest BCUT2D eigenvalue weighted by atomic mass is 32.2. The molecule has 6 heteroatoms. The van der Waals surface area contributed by atoms with Gasteiger partial charge in [0.15, 0.2) is 0 Å². The lowest BCUT2D eigenvalue weighted by Crippen LogP contribution is -2.15. The van der Waals surface area contributed by atoms with Crippen molar-refractivity contribution < 1.29 is 9.21 Å². The number of anilines is 2. The number of carbonyl (C=O) groups excluding carboxylic acids is 1. The molecule has 0 spiro atoms. The van der Waals surface area contributed by atoms with E-state index in [1.165, 1.54) is 11.8 Å². The van der Waals surface area contributed by atoms with Gasteiger partial charge in [-0.15, -0.1) is 0 Å². The molecule has 2 rings (SSSR count). The summed E-state index contributed by atoms with van der Waals surface area (Å²) in [5.41, 5.74) is 7.75. The first kappa shape index (κ1) is 13.5. The molecular formula is C13H15N3O2S. The standard InChI is InChI=1S/C13H15N3O2S/c1-8-9(2)18-13(15-8)19-7-12(17)16-11-6-4-3-5-10(11)14/h3-6H,7,14H2,1-2H3,(H,16,17).